The minimum atomic E-state index is -0.395. The van der Waals surface area contributed by atoms with Crippen molar-refractivity contribution in [2.24, 2.45) is 0 Å². The average Bonchev–Trinajstić information content (AvgIpc) is 2.49. The summed E-state index contributed by atoms with van der Waals surface area (Å²) in [5.74, 6) is -0.591. The number of ether oxygens (including phenoxy) is 1. The molecule has 5 heteroatoms. The van der Waals surface area contributed by atoms with Crippen LogP contribution in [-0.4, -0.2) is 18.5 Å². The SMILES string of the molecule is CCOC(=O)c1ccc(C)c(NC(=O)c2ccc(C)cc2I)c1. The largest absolute Gasteiger partial charge is 0.462 e. The van der Waals surface area contributed by atoms with Gasteiger partial charge in [-0.1, -0.05) is 17.7 Å². The lowest BCUT2D eigenvalue weighted by Gasteiger charge is -2.11. The van der Waals surface area contributed by atoms with Crippen LogP contribution >= 0.6 is 22.6 Å². The molecule has 0 fully saturated rings. The molecule has 0 aliphatic heterocycles. The summed E-state index contributed by atoms with van der Waals surface area (Å²) in [4.78, 5) is 24.3. The van der Waals surface area contributed by atoms with Crippen LogP contribution in [0, 0.1) is 17.4 Å². The van der Waals surface area contributed by atoms with Gasteiger partial charge >= 0.3 is 5.97 Å². The van der Waals surface area contributed by atoms with Crippen LogP contribution in [0.3, 0.4) is 0 Å². The molecule has 23 heavy (non-hydrogen) atoms. The summed E-state index contributed by atoms with van der Waals surface area (Å²) in [7, 11) is 0. The van der Waals surface area contributed by atoms with E-state index >= 15 is 0 Å². The standard InChI is InChI=1S/C18H18INO3/c1-4-23-18(22)13-7-6-12(3)16(10-13)20-17(21)14-8-5-11(2)9-15(14)19/h5-10H,4H2,1-3H3,(H,20,21). The summed E-state index contributed by atoms with van der Waals surface area (Å²) in [6, 6.07) is 10.8. The van der Waals surface area contributed by atoms with E-state index in [2.05, 4.69) is 27.9 Å². The fourth-order valence-electron chi connectivity index (χ4n) is 2.09. The van der Waals surface area contributed by atoms with E-state index in [0.29, 0.717) is 23.4 Å². The van der Waals surface area contributed by atoms with Gasteiger partial charge in [0.1, 0.15) is 0 Å². The molecule has 1 N–H and O–H groups in total. The number of nitrogens with one attached hydrogen (secondary N) is 1. The topological polar surface area (TPSA) is 55.4 Å². The second-order valence-electron chi connectivity index (χ2n) is 5.19. The first kappa shape index (κ1) is 17.5. The van der Waals surface area contributed by atoms with Crippen LogP contribution in [-0.2, 0) is 4.74 Å². The van der Waals surface area contributed by atoms with Crippen LogP contribution in [0.4, 0.5) is 5.69 Å². The van der Waals surface area contributed by atoms with Crippen LogP contribution in [0.2, 0.25) is 0 Å². The molecule has 2 rings (SSSR count). The molecular weight excluding hydrogens is 405 g/mol. The van der Waals surface area contributed by atoms with Gasteiger partial charge in [-0.2, -0.15) is 0 Å². The lowest BCUT2D eigenvalue weighted by atomic mass is 10.1. The highest BCUT2D eigenvalue weighted by atomic mass is 127. The van der Waals surface area contributed by atoms with Crippen molar-refractivity contribution in [2.75, 3.05) is 11.9 Å². The number of rotatable bonds is 4. The molecule has 0 aliphatic carbocycles. The fraction of sp³-hybridized carbons (Fsp3) is 0.222. The van der Waals surface area contributed by atoms with Crippen LogP contribution in [0.25, 0.3) is 0 Å². The Labute approximate surface area is 149 Å². The molecule has 0 atom stereocenters. The molecule has 1 amide bonds. The number of anilines is 1. The number of benzene rings is 2. The lowest BCUT2D eigenvalue weighted by molar-refractivity contribution is 0.0526. The fourth-order valence-corrected chi connectivity index (χ4v) is 3.01. The number of esters is 1. The molecule has 0 aromatic heterocycles. The Morgan fingerprint density at radius 1 is 1.13 bits per heavy atom. The number of carbonyl (C=O) groups is 2. The van der Waals surface area contributed by atoms with E-state index in [0.717, 1.165) is 14.7 Å². The van der Waals surface area contributed by atoms with Crippen LogP contribution in [0.5, 0.6) is 0 Å². The van der Waals surface area contributed by atoms with E-state index < -0.39 is 5.97 Å². The first-order chi connectivity index (χ1) is 10.9. The van der Waals surface area contributed by atoms with Gasteiger partial charge < -0.3 is 10.1 Å². The molecule has 0 saturated carbocycles. The maximum absolute atomic E-state index is 12.5. The predicted molar refractivity (Wildman–Crippen MR) is 99.0 cm³/mol. The molecule has 0 bridgehead atoms. The summed E-state index contributed by atoms with van der Waals surface area (Å²) < 4.78 is 5.88. The van der Waals surface area contributed by atoms with Gasteiger partial charge in [-0.05, 0) is 73.2 Å². The first-order valence-electron chi connectivity index (χ1n) is 7.27. The van der Waals surface area contributed by atoms with Crippen LogP contribution < -0.4 is 5.32 Å². The number of halogens is 1. The lowest BCUT2D eigenvalue weighted by Crippen LogP contribution is -2.15. The summed E-state index contributed by atoms with van der Waals surface area (Å²) in [5, 5.41) is 2.87. The minimum absolute atomic E-state index is 0.196. The normalized spacial score (nSPS) is 10.3. The van der Waals surface area contributed by atoms with Crippen molar-refractivity contribution in [1.29, 1.82) is 0 Å². The van der Waals surface area contributed by atoms with Gasteiger partial charge in [0, 0.05) is 9.26 Å². The van der Waals surface area contributed by atoms with Crippen molar-refractivity contribution >= 4 is 40.2 Å². The molecule has 0 spiro atoms. The Morgan fingerprint density at radius 2 is 1.87 bits per heavy atom. The second-order valence-corrected chi connectivity index (χ2v) is 6.35. The summed E-state index contributed by atoms with van der Waals surface area (Å²) in [6.07, 6.45) is 0. The maximum Gasteiger partial charge on any atom is 0.338 e. The Bertz CT molecular complexity index is 756. The zero-order valence-electron chi connectivity index (χ0n) is 13.3. The van der Waals surface area contributed by atoms with Gasteiger partial charge in [0.15, 0.2) is 0 Å². The molecule has 0 saturated heterocycles. The van der Waals surface area contributed by atoms with Gasteiger partial charge in [0.2, 0.25) is 0 Å². The smallest absolute Gasteiger partial charge is 0.338 e. The molecule has 0 unspecified atom stereocenters. The molecular formula is C18H18INO3. The highest BCUT2D eigenvalue weighted by molar-refractivity contribution is 14.1. The summed E-state index contributed by atoms with van der Waals surface area (Å²) in [5.41, 5.74) is 3.63. The molecule has 0 aliphatic rings. The van der Waals surface area contributed by atoms with Gasteiger partial charge in [0.05, 0.1) is 17.7 Å². The number of aryl methyl sites for hydroxylation is 2. The highest BCUT2D eigenvalue weighted by Gasteiger charge is 2.14. The Morgan fingerprint density at radius 3 is 2.52 bits per heavy atom. The number of amides is 1. The number of hydrogen-bond acceptors (Lipinski definition) is 3. The molecule has 2 aromatic rings. The molecule has 0 radical (unpaired) electrons. The monoisotopic (exact) mass is 423 g/mol. The van der Waals surface area contributed by atoms with Gasteiger partial charge in [-0.3, -0.25) is 4.79 Å². The quantitative estimate of drug-likeness (QED) is 0.588. The van der Waals surface area contributed by atoms with Crippen molar-refractivity contribution in [1.82, 2.24) is 0 Å². The van der Waals surface area contributed by atoms with E-state index in [9.17, 15) is 9.59 Å². The van der Waals surface area contributed by atoms with Gasteiger partial charge in [-0.15, -0.1) is 0 Å². The molecule has 2 aromatic carbocycles. The summed E-state index contributed by atoms with van der Waals surface area (Å²) >= 11 is 2.15. The minimum Gasteiger partial charge on any atom is -0.462 e. The first-order valence-corrected chi connectivity index (χ1v) is 8.35. The third-order valence-electron chi connectivity index (χ3n) is 3.37. The Kier molecular flexibility index (Phi) is 5.76. The average molecular weight is 423 g/mol. The van der Waals surface area contributed by atoms with Crippen LogP contribution in [0.15, 0.2) is 36.4 Å². The predicted octanol–water partition coefficient (Wildman–Crippen LogP) is 4.34. The van der Waals surface area contributed by atoms with E-state index in [1.807, 2.05) is 26.0 Å². The third kappa shape index (κ3) is 4.31. The van der Waals surface area contributed by atoms with E-state index in [1.54, 1.807) is 31.2 Å². The molecule has 120 valence electrons. The zero-order chi connectivity index (χ0) is 17.0. The maximum atomic E-state index is 12.5. The van der Waals surface area contributed by atoms with Crippen molar-refractivity contribution < 1.29 is 14.3 Å². The van der Waals surface area contributed by atoms with Gasteiger partial charge in [0.25, 0.3) is 5.91 Å². The van der Waals surface area contributed by atoms with E-state index in [-0.39, 0.29) is 5.91 Å². The summed E-state index contributed by atoms with van der Waals surface area (Å²) in [6.45, 7) is 5.94. The Balaban J connectivity index is 2.26. The zero-order valence-corrected chi connectivity index (χ0v) is 15.4. The highest BCUT2D eigenvalue weighted by Crippen LogP contribution is 2.21. The molecule has 0 heterocycles. The number of carbonyl (C=O) groups excluding carboxylic acids is 2. The van der Waals surface area contributed by atoms with Crippen LogP contribution in [0.1, 0.15) is 38.8 Å². The number of hydrogen-bond donors (Lipinski definition) is 1. The van der Waals surface area contributed by atoms with Crippen molar-refractivity contribution in [3.8, 4) is 0 Å². The van der Waals surface area contributed by atoms with E-state index in [1.165, 1.54) is 0 Å². The van der Waals surface area contributed by atoms with Crippen molar-refractivity contribution in [2.45, 2.75) is 20.8 Å². The second kappa shape index (κ2) is 7.59. The van der Waals surface area contributed by atoms with Crippen molar-refractivity contribution in [3.63, 3.8) is 0 Å². The molecule has 4 nitrogen and oxygen atoms in total. The van der Waals surface area contributed by atoms with Crippen molar-refractivity contribution in [3.05, 3.63) is 62.2 Å². The Hall–Kier alpha value is -1.89. The van der Waals surface area contributed by atoms with E-state index in [4.69, 9.17) is 4.74 Å². The third-order valence-corrected chi connectivity index (χ3v) is 4.26. The van der Waals surface area contributed by atoms with Gasteiger partial charge in [-0.25, -0.2) is 4.79 Å².